The molecule has 0 spiro atoms. The molecule has 4 rings (SSSR count). The van der Waals surface area contributed by atoms with Crippen molar-refractivity contribution in [2.45, 2.75) is 64.3 Å². The molecule has 2 aromatic rings. The monoisotopic (exact) mass is 364 g/mol. The van der Waals surface area contributed by atoms with E-state index in [-0.39, 0.29) is 11.2 Å². The minimum Gasteiger partial charge on any atom is -0.377 e. The number of hydrogen-bond acceptors (Lipinski definition) is 3. The Kier molecular flexibility index (Phi) is 3.61. The summed E-state index contributed by atoms with van der Waals surface area (Å²) in [6.45, 7) is 12.4. The molecular formula is C24H28O3. The van der Waals surface area contributed by atoms with Crippen molar-refractivity contribution in [3.8, 4) is 0 Å². The number of ketones is 1. The predicted molar refractivity (Wildman–Crippen MR) is 106 cm³/mol. The zero-order valence-electron chi connectivity index (χ0n) is 17.0. The van der Waals surface area contributed by atoms with Crippen LogP contribution in [0.15, 0.2) is 48.5 Å². The minimum atomic E-state index is -1.35. The molecule has 1 aliphatic carbocycles. The Bertz CT molecular complexity index is 917. The van der Waals surface area contributed by atoms with Crippen LogP contribution in [0.3, 0.4) is 0 Å². The fraction of sp³-hybridized carbons (Fsp3) is 0.458. The van der Waals surface area contributed by atoms with Gasteiger partial charge < -0.3 is 9.84 Å². The second-order valence-corrected chi connectivity index (χ2v) is 9.96. The SMILES string of the molecule is CC(C)(C)c1ccc2c(c1)[C@@](O)(c1ccccc1)[C@@H]1O[C@]1(C(C)(C)C)C2=O. The normalized spacial score (nSPS) is 29.9. The molecule has 3 atom stereocenters. The van der Waals surface area contributed by atoms with E-state index in [0.717, 1.165) is 11.1 Å². The number of aliphatic hydroxyl groups is 1. The summed E-state index contributed by atoms with van der Waals surface area (Å²) < 4.78 is 6.12. The number of hydrogen-bond donors (Lipinski definition) is 1. The Morgan fingerprint density at radius 1 is 0.963 bits per heavy atom. The molecule has 3 heteroatoms. The number of carbonyl (C=O) groups excluding carboxylic acids is 1. The summed E-state index contributed by atoms with van der Waals surface area (Å²) in [7, 11) is 0. The van der Waals surface area contributed by atoms with Gasteiger partial charge in [-0.25, -0.2) is 0 Å². The number of Topliss-reactive ketones (excluding diaryl/α,β-unsaturated/α-hetero) is 1. The standard InChI is InChI=1S/C24H28O3/c1-21(2,3)16-12-13-17-18(14-16)23(26,15-10-8-7-9-11-15)20-24(27-20,19(17)25)22(4,5)6/h7-14,20,26H,1-6H3/t20-,23-,24+/m0/s1. The van der Waals surface area contributed by atoms with Crippen molar-refractivity contribution in [1.82, 2.24) is 0 Å². The van der Waals surface area contributed by atoms with Crippen molar-refractivity contribution in [1.29, 1.82) is 0 Å². The molecule has 0 saturated carbocycles. The third kappa shape index (κ3) is 2.31. The van der Waals surface area contributed by atoms with Gasteiger partial charge >= 0.3 is 0 Å². The Balaban J connectivity index is 2.02. The van der Waals surface area contributed by atoms with Crippen LogP contribution in [0.1, 0.15) is 68.6 Å². The Morgan fingerprint density at radius 2 is 1.59 bits per heavy atom. The maximum atomic E-state index is 13.5. The van der Waals surface area contributed by atoms with Gasteiger partial charge in [-0.15, -0.1) is 0 Å². The summed E-state index contributed by atoms with van der Waals surface area (Å²) in [5.74, 6) is -0.0175. The number of rotatable bonds is 1. The topological polar surface area (TPSA) is 49.8 Å². The molecule has 1 N–H and O–H groups in total. The zero-order valence-corrected chi connectivity index (χ0v) is 17.0. The molecule has 1 heterocycles. The smallest absolute Gasteiger partial charge is 0.198 e. The first-order valence-corrected chi connectivity index (χ1v) is 9.59. The average molecular weight is 364 g/mol. The van der Waals surface area contributed by atoms with Gasteiger partial charge in [0.15, 0.2) is 11.4 Å². The highest BCUT2D eigenvalue weighted by molar-refractivity contribution is 6.09. The summed E-state index contributed by atoms with van der Waals surface area (Å²) in [5.41, 5.74) is 0.239. The maximum absolute atomic E-state index is 13.5. The van der Waals surface area contributed by atoms with Crippen LogP contribution in [-0.4, -0.2) is 22.6 Å². The molecule has 27 heavy (non-hydrogen) atoms. The fourth-order valence-electron chi connectivity index (χ4n) is 4.48. The van der Waals surface area contributed by atoms with Crippen LogP contribution in [0, 0.1) is 5.41 Å². The molecule has 0 amide bonds. The predicted octanol–water partition coefficient (Wildman–Crippen LogP) is 4.60. The van der Waals surface area contributed by atoms with E-state index in [1.807, 2.05) is 69.3 Å². The first kappa shape index (κ1) is 18.4. The van der Waals surface area contributed by atoms with Crippen LogP contribution in [0.2, 0.25) is 0 Å². The molecule has 0 aromatic heterocycles. The summed E-state index contributed by atoms with van der Waals surface area (Å²) in [6, 6.07) is 15.5. The number of carbonyl (C=O) groups is 1. The number of fused-ring (bicyclic) bond motifs is 2. The summed E-state index contributed by atoms with van der Waals surface area (Å²) in [4.78, 5) is 13.5. The van der Waals surface area contributed by atoms with Gasteiger partial charge in [-0.1, -0.05) is 90.1 Å². The van der Waals surface area contributed by atoms with Gasteiger partial charge in [-0.2, -0.15) is 0 Å². The molecule has 1 fully saturated rings. The third-order valence-corrected chi connectivity index (χ3v) is 6.20. The van der Waals surface area contributed by atoms with Crippen LogP contribution in [-0.2, 0) is 15.8 Å². The fourth-order valence-corrected chi connectivity index (χ4v) is 4.48. The van der Waals surface area contributed by atoms with Crippen molar-refractivity contribution >= 4 is 5.78 Å². The lowest BCUT2D eigenvalue weighted by molar-refractivity contribution is 0.0428. The molecule has 1 saturated heterocycles. The summed E-state index contributed by atoms with van der Waals surface area (Å²) in [6.07, 6.45) is -0.581. The van der Waals surface area contributed by atoms with E-state index in [4.69, 9.17) is 4.74 Å². The minimum absolute atomic E-state index is 0.0175. The van der Waals surface area contributed by atoms with Gasteiger partial charge in [0.25, 0.3) is 0 Å². The van der Waals surface area contributed by atoms with Crippen LogP contribution < -0.4 is 0 Å². The number of epoxide rings is 1. The van der Waals surface area contributed by atoms with Gasteiger partial charge in [-0.3, -0.25) is 4.79 Å². The lowest BCUT2D eigenvalue weighted by atomic mass is 9.62. The van der Waals surface area contributed by atoms with Crippen molar-refractivity contribution < 1.29 is 14.6 Å². The van der Waals surface area contributed by atoms with Gasteiger partial charge in [-0.05, 0) is 16.5 Å². The first-order valence-electron chi connectivity index (χ1n) is 9.59. The van der Waals surface area contributed by atoms with E-state index >= 15 is 0 Å². The lowest BCUT2D eigenvalue weighted by Crippen LogP contribution is -2.52. The molecule has 0 radical (unpaired) electrons. The molecule has 142 valence electrons. The average Bonchev–Trinajstić information content (AvgIpc) is 3.37. The van der Waals surface area contributed by atoms with Crippen molar-refractivity contribution in [3.63, 3.8) is 0 Å². The van der Waals surface area contributed by atoms with Crippen LogP contribution in [0.4, 0.5) is 0 Å². The highest BCUT2D eigenvalue weighted by Crippen LogP contribution is 2.63. The van der Waals surface area contributed by atoms with Crippen molar-refractivity contribution in [3.05, 3.63) is 70.8 Å². The second-order valence-electron chi connectivity index (χ2n) is 9.96. The van der Waals surface area contributed by atoms with E-state index < -0.39 is 22.7 Å². The second kappa shape index (κ2) is 5.30. The number of benzene rings is 2. The molecule has 3 nitrogen and oxygen atoms in total. The van der Waals surface area contributed by atoms with Crippen LogP contribution in [0.5, 0.6) is 0 Å². The van der Waals surface area contributed by atoms with Gasteiger partial charge in [0, 0.05) is 16.5 Å². The maximum Gasteiger partial charge on any atom is 0.198 e. The summed E-state index contributed by atoms with van der Waals surface area (Å²) in [5, 5.41) is 12.1. The lowest BCUT2D eigenvalue weighted by Gasteiger charge is -2.39. The van der Waals surface area contributed by atoms with Gasteiger partial charge in [0.05, 0.1) is 0 Å². The van der Waals surface area contributed by atoms with E-state index in [2.05, 4.69) is 20.8 Å². The zero-order chi connectivity index (χ0) is 19.8. The van der Waals surface area contributed by atoms with E-state index in [1.54, 1.807) is 0 Å². The summed E-state index contributed by atoms with van der Waals surface area (Å²) >= 11 is 0. The molecule has 0 unspecified atom stereocenters. The Labute approximate surface area is 161 Å². The van der Waals surface area contributed by atoms with Crippen LogP contribution in [0.25, 0.3) is 0 Å². The highest BCUT2D eigenvalue weighted by Gasteiger charge is 2.78. The van der Waals surface area contributed by atoms with Gasteiger partial charge in [0.1, 0.15) is 11.7 Å². The van der Waals surface area contributed by atoms with Gasteiger partial charge in [0.2, 0.25) is 0 Å². The van der Waals surface area contributed by atoms with E-state index in [1.165, 1.54) is 0 Å². The first-order chi connectivity index (χ1) is 12.4. The third-order valence-electron chi connectivity index (χ3n) is 6.20. The molecule has 0 bridgehead atoms. The molecule has 1 aliphatic heterocycles. The largest absolute Gasteiger partial charge is 0.377 e. The highest BCUT2D eigenvalue weighted by atomic mass is 16.6. The molecule has 2 aliphatic rings. The molecular weight excluding hydrogens is 336 g/mol. The van der Waals surface area contributed by atoms with E-state index in [9.17, 15) is 9.90 Å². The van der Waals surface area contributed by atoms with Crippen molar-refractivity contribution in [2.24, 2.45) is 5.41 Å². The van der Waals surface area contributed by atoms with E-state index in [0.29, 0.717) is 11.1 Å². The quantitative estimate of drug-likeness (QED) is 0.753. The van der Waals surface area contributed by atoms with Crippen molar-refractivity contribution in [2.75, 3.05) is 0 Å². The van der Waals surface area contributed by atoms with Crippen LogP contribution >= 0.6 is 0 Å². The molecule has 2 aromatic carbocycles. The number of ether oxygens (including phenoxy) is 1. The Morgan fingerprint density at radius 3 is 2.15 bits per heavy atom. The Hall–Kier alpha value is -1.97.